The van der Waals surface area contributed by atoms with Gasteiger partial charge in [-0.15, -0.1) is 0 Å². The normalized spacial score (nSPS) is 12.2. The number of halogens is 3. The van der Waals surface area contributed by atoms with Crippen LogP contribution in [0.4, 0.5) is 13.2 Å². The van der Waals surface area contributed by atoms with Gasteiger partial charge in [0.05, 0.1) is 6.04 Å². The maximum Gasteiger partial charge on any atom is 0.490 e. The third-order valence-corrected chi connectivity index (χ3v) is 5.86. The molecule has 1 atom stereocenters. The molecule has 6 N–H and O–H groups in total. The standard InChI is InChI=1S/C25H39N3O.C2HF3O2/c1-2-3-4-5-6-11-18-28-19-23-21-13-8-7-12-20(21)15-16-22(23)25(29)24(27)14-9-10-17-26;3-2(4,5)1(6)7/h7-8,12-13,15-16,24,28H,2-6,9-11,14,17-19,26-27H2,1H3;(H,6,7)/t24-;/m0./s1. The summed E-state index contributed by atoms with van der Waals surface area (Å²) in [5.74, 6) is -2.71. The molecule has 202 valence electrons. The Morgan fingerprint density at radius 3 is 2.25 bits per heavy atom. The number of nitrogens with two attached hydrogens (primary N) is 2. The van der Waals surface area contributed by atoms with Crippen molar-refractivity contribution in [3.8, 4) is 0 Å². The zero-order chi connectivity index (χ0) is 27.0. The van der Waals surface area contributed by atoms with Gasteiger partial charge in [-0.1, -0.05) is 81.8 Å². The number of carbonyl (C=O) groups excluding carboxylic acids is 1. The lowest BCUT2D eigenvalue weighted by atomic mass is 9.92. The summed E-state index contributed by atoms with van der Waals surface area (Å²) >= 11 is 0. The van der Waals surface area contributed by atoms with E-state index in [1.165, 1.54) is 38.5 Å². The Bertz CT molecular complexity index is 935. The van der Waals surface area contributed by atoms with Crippen molar-refractivity contribution in [3.63, 3.8) is 0 Å². The number of carbonyl (C=O) groups is 2. The molecule has 0 bridgehead atoms. The summed E-state index contributed by atoms with van der Waals surface area (Å²) < 4.78 is 31.7. The number of nitrogens with one attached hydrogen (secondary N) is 1. The van der Waals surface area contributed by atoms with Crippen molar-refractivity contribution in [3.05, 3.63) is 47.5 Å². The van der Waals surface area contributed by atoms with Crippen molar-refractivity contribution in [2.24, 2.45) is 11.5 Å². The van der Waals surface area contributed by atoms with Gasteiger partial charge in [0.1, 0.15) is 0 Å². The largest absolute Gasteiger partial charge is 0.490 e. The van der Waals surface area contributed by atoms with Crippen LogP contribution in [0.5, 0.6) is 0 Å². The molecule has 0 heterocycles. The van der Waals surface area contributed by atoms with Crippen LogP contribution in [0.2, 0.25) is 0 Å². The molecule has 9 heteroatoms. The number of alkyl halides is 3. The molecule has 2 rings (SSSR count). The summed E-state index contributed by atoms with van der Waals surface area (Å²) in [6, 6.07) is 11.8. The van der Waals surface area contributed by atoms with E-state index in [9.17, 15) is 18.0 Å². The third kappa shape index (κ3) is 11.5. The summed E-state index contributed by atoms with van der Waals surface area (Å²) in [5.41, 5.74) is 13.6. The monoisotopic (exact) mass is 511 g/mol. The topological polar surface area (TPSA) is 118 Å². The fraction of sp³-hybridized carbons (Fsp3) is 0.556. The molecule has 0 fully saturated rings. The molecule has 0 saturated carbocycles. The van der Waals surface area contributed by atoms with Crippen LogP contribution in [-0.2, 0) is 11.3 Å². The summed E-state index contributed by atoms with van der Waals surface area (Å²) in [4.78, 5) is 22.0. The average Bonchev–Trinajstić information content (AvgIpc) is 2.85. The number of fused-ring (bicyclic) bond motifs is 1. The quantitative estimate of drug-likeness (QED) is 0.184. The molecule has 0 aliphatic rings. The lowest BCUT2D eigenvalue weighted by Gasteiger charge is -2.17. The fourth-order valence-electron chi connectivity index (χ4n) is 3.84. The molecular formula is C27H40F3N3O3. The van der Waals surface area contributed by atoms with Gasteiger partial charge in [0.2, 0.25) is 0 Å². The highest BCUT2D eigenvalue weighted by Crippen LogP contribution is 2.24. The van der Waals surface area contributed by atoms with E-state index in [4.69, 9.17) is 21.4 Å². The number of hydrogen-bond donors (Lipinski definition) is 4. The zero-order valence-electron chi connectivity index (χ0n) is 21.1. The van der Waals surface area contributed by atoms with Gasteiger partial charge in [0.25, 0.3) is 0 Å². The molecule has 0 radical (unpaired) electrons. The van der Waals surface area contributed by atoms with Crippen molar-refractivity contribution < 1.29 is 27.9 Å². The number of benzene rings is 2. The smallest absolute Gasteiger partial charge is 0.475 e. The number of ketones is 1. The Balaban J connectivity index is 0.000000809. The molecule has 0 aromatic heterocycles. The lowest BCUT2D eigenvalue weighted by molar-refractivity contribution is -0.192. The van der Waals surface area contributed by atoms with E-state index in [1.807, 2.05) is 24.3 Å². The summed E-state index contributed by atoms with van der Waals surface area (Å²) in [7, 11) is 0. The second-order valence-corrected chi connectivity index (χ2v) is 8.82. The molecule has 0 aliphatic heterocycles. The Hall–Kier alpha value is -2.49. The van der Waals surface area contributed by atoms with Crippen LogP contribution in [0.15, 0.2) is 36.4 Å². The molecule has 0 saturated heterocycles. The Morgan fingerprint density at radius 1 is 0.972 bits per heavy atom. The van der Waals surface area contributed by atoms with Crippen LogP contribution >= 0.6 is 0 Å². The molecule has 0 aliphatic carbocycles. The van der Waals surface area contributed by atoms with Crippen LogP contribution in [0.1, 0.15) is 80.6 Å². The SMILES string of the molecule is CCCCCCCCNCc1c(C(=O)[C@@H](N)CCCCN)ccc2ccccc12.O=C(O)C(F)(F)F. The number of Topliss-reactive ketones (excluding diaryl/α,β-unsaturated/α-hetero) is 1. The van der Waals surface area contributed by atoms with Crippen molar-refractivity contribution >= 4 is 22.5 Å². The number of carboxylic acids is 1. The Morgan fingerprint density at radius 2 is 1.61 bits per heavy atom. The summed E-state index contributed by atoms with van der Waals surface area (Å²) in [6.45, 7) is 4.57. The summed E-state index contributed by atoms with van der Waals surface area (Å²) in [5, 5.41) is 13.0. The highest BCUT2D eigenvalue weighted by atomic mass is 19.4. The van der Waals surface area contributed by atoms with E-state index in [0.29, 0.717) is 19.5 Å². The predicted molar refractivity (Wildman–Crippen MR) is 138 cm³/mol. The number of rotatable bonds is 15. The maximum absolute atomic E-state index is 13.1. The molecule has 2 aromatic carbocycles. The van der Waals surface area contributed by atoms with Crippen molar-refractivity contribution in [2.45, 2.75) is 83.5 Å². The number of hydrogen-bond acceptors (Lipinski definition) is 5. The van der Waals surface area contributed by atoms with Crippen LogP contribution in [0, 0.1) is 0 Å². The molecule has 0 spiro atoms. The van der Waals surface area contributed by atoms with E-state index in [0.717, 1.165) is 41.3 Å². The van der Waals surface area contributed by atoms with Crippen molar-refractivity contribution in [2.75, 3.05) is 13.1 Å². The predicted octanol–water partition coefficient (Wildman–Crippen LogP) is 5.56. The first-order valence-electron chi connectivity index (χ1n) is 12.6. The number of unbranched alkanes of at least 4 members (excludes halogenated alkanes) is 6. The maximum atomic E-state index is 13.1. The van der Waals surface area contributed by atoms with Crippen molar-refractivity contribution in [1.29, 1.82) is 0 Å². The second-order valence-electron chi connectivity index (χ2n) is 8.82. The highest BCUT2D eigenvalue weighted by molar-refractivity contribution is 6.05. The van der Waals surface area contributed by atoms with Crippen LogP contribution in [-0.4, -0.2) is 42.2 Å². The fourth-order valence-corrected chi connectivity index (χ4v) is 3.84. The molecule has 36 heavy (non-hydrogen) atoms. The van der Waals surface area contributed by atoms with Gasteiger partial charge < -0.3 is 21.9 Å². The van der Waals surface area contributed by atoms with Crippen LogP contribution in [0.25, 0.3) is 10.8 Å². The molecular weight excluding hydrogens is 471 g/mol. The Labute approximate surface area is 211 Å². The highest BCUT2D eigenvalue weighted by Gasteiger charge is 2.38. The third-order valence-electron chi connectivity index (χ3n) is 5.86. The minimum absolute atomic E-state index is 0.0455. The molecule has 6 nitrogen and oxygen atoms in total. The van der Waals surface area contributed by atoms with Gasteiger partial charge in [0, 0.05) is 12.1 Å². The number of aliphatic carboxylic acids is 1. The second kappa shape index (κ2) is 17.1. The van der Waals surface area contributed by atoms with Crippen LogP contribution in [0.3, 0.4) is 0 Å². The van der Waals surface area contributed by atoms with E-state index in [1.54, 1.807) is 0 Å². The molecule has 0 unspecified atom stereocenters. The van der Waals surface area contributed by atoms with Gasteiger partial charge >= 0.3 is 12.1 Å². The van der Waals surface area contributed by atoms with E-state index in [2.05, 4.69) is 24.4 Å². The average molecular weight is 512 g/mol. The van der Waals surface area contributed by atoms with E-state index < -0.39 is 18.2 Å². The van der Waals surface area contributed by atoms with Gasteiger partial charge in [0.15, 0.2) is 5.78 Å². The molecule has 0 amide bonds. The van der Waals surface area contributed by atoms with Gasteiger partial charge in [-0.25, -0.2) is 4.79 Å². The van der Waals surface area contributed by atoms with Gasteiger partial charge in [-0.2, -0.15) is 13.2 Å². The molecule has 2 aromatic rings. The van der Waals surface area contributed by atoms with Gasteiger partial charge in [-0.05, 0) is 48.7 Å². The van der Waals surface area contributed by atoms with E-state index >= 15 is 0 Å². The minimum Gasteiger partial charge on any atom is -0.475 e. The minimum atomic E-state index is -5.08. The van der Waals surface area contributed by atoms with Gasteiger partial charge in [-0.3, -0.25) is 4.79 Å². The van der Waals surface area contributed by atoms with Crippen LogP contribution < -0.4 is 16.8 Å². The first kappa shape index (κ1) is 31.5. The lowest BCUT2D eigenvalue weighted by Crippen LogP contribution is -2.32. The summed E-state index contributed by atoms with van der Waals surface area (Å²) in [6.07, 6.45) is 5.11. The van der Waals surface area contributed by atoms with Crippen molar-refractivity contribution in [1.82, 2.24) is 5.32 Å². The first-order chi connectivity index (χ1) is 17.1. The number of carboxylic acid groups (broad SMARTS) is 1. The first-order valence-corrected chi connectivity index (χ1v) is 12.6. The zero-order valence-corrected chi connectivity index (χ0v) is 21.1. The Kier molecular flexibility index (Phi) is 14.9. The van der Waals surface area contributed by atoms with E-state index in [-0.39, 0.29) is 5.78 Å².